The van der Waals surface area contributed by atoms with Crippen molar-refractivity contribution in [2.75, 3.05) is 7.11 Å². The number of thiol groups is 1. The monoisotopic (exact) mass is 346 g/mol. The Balaban J connectivity index is 1.92. The number of methoxy groups -OCH3 is 1. The van der Waals surface area contributed by atoms with Crippen LogP contribution in [0.15, 0.2) is 77.7 Å². The lowest BCUT2D eigenvalue weighted by Crippen LogP contribution is -2.00. The van der Waals surface area contributed by atoms with E-state index in [9.17, 15) is 4.79 Å². The summed E-state index contributed by atoms with van der Waals surface area (Å²) < 4.78 is 4.72. The van der Waals surface area contributed by atoms with Crippen molar-refractivity contribution in [3.63, 3.8) is 0 Å². The normalized spacial score (nSPS) is 10.8. The third-order valence-electron chi connectivity index (χ3n) is 3.92. The number of carbonyl (C=O) groups is 1. The summed E-state index contributed by atoms with van der Waals surface area (Å²) in [7, 11) is 1.38. The minimum absolute atomic E-state index is 0.329. The first-order valence-electron chi connectivity index (χ1n) is 7.93. The molecule has 0 aliphatic rings. The fourth-order valence-electron chi connectivity index (χ4n) is 2.65. The molecular formula is C22H18O2S. The number of ether oxygens (including phenoxy) is 1. The van der Waals surface area contributed by atoms with Gasteiger partial charge in [0, 0.05) is 10.5 Å². The summed E-state index contributed by atoms with van der Waals surface area (Å²) in [5, 5.41) is 0. The zero-order valence-corrected chi connectivity index (χ0v) is 14.7. The maximum atomic E-state index is 11.5. The van der Waals surface area contributed by atoms with Crippen LogP contribution in [0.4, 0.5) is 0 Å². The molecule has 0 bridgehead atoms. The van der Waals surface area contributed by atoms with Crippen molar-refractivity contribution in [3.8, 4) is 11.1 Å². The maximum Gasteiger partial charge on any atom is 0.337 e. The van der Waals surface area contributed by atoms with Crippen molar-refractivity contribution in [3.05, 3.63) is 89.5 Å². The molecule has 25 heavy (non-hydrogen) atoms. The molecule has 0 heterocycles. The van der Waals surface area contributed by atoms with Gasteiger partial charge in [-0.1, -0.05) is 66.7 Å². The summed E-state index contributed by atoms with van der Waals surface area (Å²) >= 11 is 4.62. The average molecular weight is 346 g/mol. The highest BCUT2D eigenvalue weighted by Gasteiger charge is 2.07. The molecular weight excluding hydrogens is 328 g/mol. The van der Waals surface area contributed by atoms with Gasteiger partial charge in [0.2, 0.25) is 0 Å². The Bertz CT molecular complexity index is 897. The quantitative estimate of drug-likeness (QED) is 0.378. The smallest absolute Gasteiger partial charge is 0.337 e. The molecule has 3 heteroatoms. The second-order valence-electron chi connectivity index (χ2n) is 5.55. The van der Waals surface area contributed by atoms with E-state index >= 15 is 0 Å². The Morgan fingerprint density at radius 1 is 0.880 bits per heavy atom. The number of esters is 1. The van der Waals surface area contributed by atoms with E-state index in [-0.39, 0.29) is 5.97 Å². The fraction of sp³-hybridized carbons (Fsp3) is 0.0455. The highest BCUT2D eigenvalue weighted by atomic mass is 32.1. The molecule has 2 nitrogen and oxygen atoms in total. The van der Waals surface area contributed by atoms with Gasteiger partial charge < -0.3 is 4.74 Å². The first-order valence-corrected chi connectivity index (χ1v) is 8.37. The van der Waals surface area contributed by atoms with Crippen LogP contribution in [0.5, 0.6) is 0 Å². The number of benzene rings is 3. The zero-order valence-electron chi connectivity index (χ0n) is 13.8. The van der Waals surface area contributed by atoms with Crippen molar-refractivity contribution in [1.82, 2.24) is 0 Å². The predicted octanol–water partition coefficient (Wildman–Crippen LogP) is 5.60. The molecule has 0 N–H and O–H groups in total. The lowest BCUT2D eigenvalue weighted by molar-refractivity contribution is 0.0600. The minimum atomic E-state index is -0.329. The maximum absolute atomic E-state index is 11.5. The summed E-state index contributed by atoms with van der Waals surface area (Å²) in [5.41, 5.74) is 4.89. The summed E-state index contributed by atoms with van der Waals surface area (Å²) in [6.07, 6.45) is 4.09. The second-order valence-corrected chi connectivity index (χ2v) is 6.04. The van der Waals surface area contributed by atoms with Crippen molar-refractivity contribution in [2.24, 2.45) is 0 Å². The number of rotatable bonds is 4. The van der Waals surface area contributed by atoms with E-state index in [2.05, 4.69) is 36.9 Å². The van der Waals surface area contributed by atoms with Crippen molar-refractivity contribution in [1.29, 1.82) is 0 Å². The molecule has 3 aromatic rings. The highest BCUT2D eigenvalue weighted by molar-refractivity contribution is 7.80. The van der Waals surface area contributed by atoms with Crippen molar-refractivity contribution in [2.45, 2.75) is 4.90 Å². The molecule has 3 aromatic carbocycles. The molecule has 0 aliphatic heterocycles. The van der Waals surface area contributed by atoms with Crippen LogP contribution in [0.1, 0.15) is 21.5 Å². The van der Waals surface area contributed by atoms with Crippen LogP contribution in [0.2, 0.25) is 0 Å². The summed E-state index contributed by atoms with van der Waals surface area (Å²) in [6, 6.07) is 23.6. The molecule has 0 atom stereocenters. The van der Waals surface area contributed by atoms with Gasteiger partial charge in [-0.25, -0.2) is 4.79 Å². The number of hydrogen-bond acceptors (Lipinski definition) is 3. The third kappa shape index (κ3) is 4.01. The van der Waals surface area contributed by atoms with Gasteiger partial charge in [-0.15, -0.1) is 12.6 Å². The Morgan fingerprint density at radius 3 is 2.28 bits per heavy atom. The van der Waals surface area contributed by atoms with Gasteiger partial charge >= 0.3 is 5.97 Å². The molecule has 0 spiro atoms. The molecule has 0 saturated heterocycles. The van der Waals surface area contributed by atoms with Crippen LogP contribution < -0.4 is 0 Å². The van der Waals surface area contributed by atoms with Gasteiger partial charge in [0.05, 0.1) is 12.7 Å². The molecule has 0 aromatic heterocycles. The first kappa shape index (κ1) is 17.1. The summed E-state index contributed by atoms with van der Waals surface area (Å²) in [6.45, 7) is 0. The molecule has 0 unspecified atom stereocenters. The van der Waals surface area contributed by atoms with Crippen molar-refractivity contribution < 1.29 is 9.53 Å². The lowest BCUT2D eigenvalue weighted by atomic mass is 9.98. The minimum Gasteiger partial charge on any atom is -0.465 e. The summed E-state index contributed by atoms with van der Waals surface area (Å²) in [4.78, 5) is 12.4. The van der Waals surface area contributed by atoms with Gasteiger partial charge in [-0.3, -0.25) is 0 Å². The van der Waals surface area contributed by atoms with Crippen LogP contribution in [0, 0.1) is 0 Å². The average Bonchev–Trinajstić information content (AvgIpc) is 2.67. The van der Waals surface area contributed by atoms with E-state index in [1.165, 1.54) is 7.11 Å². The van der Waals surface area contributed by atoms with E-state index in [1.807, 2.05) is 48.5 Å². The second kappa shape index (κ2) is 7.86. The topological polar surface area (TPSA) is 26.3 Å². The van der Waals surface area contributed by atoms with Gasteiger partial charge in [0.25, 0.3) is 0 Å². The fourth-order valence-corrected chi connectivity index (χ4v) is 2.99. The van der Waals surface area contributed by atoms with Crippen molar-refractivity contribution >= 4 is 30.8 Å². The largest absolute Gasteiger partial charge is 0.465 e. The molecule has 0 fully saturated rings. The van der Waals surface area contributed by atoms with Crippen LogP contribution in [0.3, 0.4) is 0 Å². The van der Waals surface area contributed by atoms with Gasteiger partial charge in [0.1, 0.15) is 0 Å². The molecule has 0 aliphatic carbocycles. The van der Waals surface area contributed by atoms with Gasteiger partial charge in [-0.2, -0.15) is 0 Å². The first-order chi connectivity index (χ1) is 12.2. The molecule has 0 amide bonds. The van der Waals surface area contributed by atoms with Gasteiger partial charge in [-0.05, 0) is 34.9 Å². The number of carbonyl (C=O) groups excluding carboxylic acids is 1. The Morgan fingerprint density at radius 2 is 1.60 bits per heavy atom. The van der Waals surface area contributed by atoms with Crippen LogP contribution in [-0.2, 0) is 4.74 Å². The van der Waals surface area contributed by atoms with E-state index in [1.54, 1.807) is 12.1 Å². The Labute approximate surface area is 153 Å². The molecule has 3 rings (SSSR count). The van der Waals surface area contributed by atoms with Crippen LogP contribution in [-0.4, -0.2) is 13.1 Å². The zero-order chi connectivity index (χ0) is 17.6. The molecule has 0 saturated carbocycles. The number of hydrogen-bond donors (Lipinski definition) is 1. The summed E-state index contributed by atoms with van der Waals surface area (Å²) in [5.74, 6) is -0.329. The Hall–Kier alpha value is -2.78. The molecule has 124 valence electrons. The van der Waals surface area contributed by atoms with E-state index in [0.717, 1.165) is 27.1 Å². The van der Waals surface area contributed by atoms with E-state index in [0.29, 0.717) is 5.56 Å². The Kier molecular flexibility index (Phi) is 5.36. The molecule has 0 radical (unpaired) electrons. The standard InChI is InChI=1S/C22H18O2S/c1-24-22(23)19-14-11-16(12-15-19)10-13-18-8-5-9-20(25)21(18)17-6-3-2-4-7-17/h2-15,25H,1H3/b13-10+. The van der Waals surface area contributed by atoms with Gasteiger partial charge in [0.15, 0.2) is 0 Å². The predicted molar refractivity (Wildman–Crippen MR) is 106 cm³/mol. The van der Waals surface area contributed by atoms with E-state index in [4.69, 9.17) is 4.74 Å². The van der Waals surface area contributed by atoms with E-state index < -0.39 is 0 Å². The van der Waals surface area contributed by atoms with Crippen LogP contribution in [0.25, 0.3) is 23.3 Å². The van der Waals surface area contributed by atoms with Crippen LogP contribution >= 0.6 is 12.6 Å². The highest BCUT2D eigenvalue weighted by Crippen LogP contribution is 2.31. The SMILES string of the molecule is COC(=O)c1ccc(/C=C/c2cccc(S)c2-c2ccccc2)cc1. The third-order valence-corrected chi connectivity index (χ3v) is 4.30. The lowest BCUT2D eigenvalue weighted by Gasteiger charge is -2.09.